The summed E-state index contributed by atoms with van der Waals surface area (Å²) in [6.45, 7) is 4.00. The Morgan fingerprint density at radius 1 is 1.29 bits per heavy atom. The standard InChI is InChI=1S/C18H24N4O2/c1-14-5-7-15(8-6-14)17-4-2-3-10-21(17)11-9-16-12-22(20-19-16)13-18(23)24/h5-8,12,17H,2-4,9-11,13H2,1H3,(H,23,24). The predicted octanol–water partition coefficient (Wildman–Crippen LogP) is 2.44. The van der Waals surface area contributed by atoms with E-state index in [1.54, 1.807) is 6.20 Å². The molecule has 1 aliphatic rings. The summed E-state index contributed by atoms with van der Waals surface area (Å²) in [6, 6.07) is 9.30. The Kier molecular flexibility index (Phi) is 5.25. The Hall–Kier alpha value is -2.21. The Morgan fingerprint density at radius 2 is 2.08 bits per heavy atom. The topological polar surface area (TPSA) is 71.2 Å². The Bertz CT molecular complexity index is 681. The lowest BCUT2D eigenvalue weighted by molar-refractivity contribution is -0.137. The van der Waals surface area contributed by atoms with Crippen molar-refractivity contribution < 1.29 is 9.90 Å². The first kappa shape index (κ1) is 16.6. The van der Waals surface area contributed by atoms with Gasteiger partial charge in [0.2, 0.25) is 0 Å². The van der Waals surface area contributed by atoms with Crippen LogP contribution in [-0.4, -0.2) is 44.1 Å². The highest BCUT2D eigenvalue weighted by Crippen LogP contribution is 2.30. The van der Waals surface area contributed by atoms with Crippen molar-refractivity contribution in [3.8, 4) is 0 Å². The zero-order valence-electron chi connectivity index (χ0n) is 14.1. The molecule has 0 aliphatic carbocycles. The molecule has 0 spiro atoms. The summed E-state index contributed by atoms with van der Waals surface area (Å²) in [5.41, 5.74) is 3.52. The van der Waals surface area contributed by atoms with Crippen LogP contribution in [0, 0.1) is 6.92 Å². The molecule has 0 radical (unpaired) electrons. The van der Waals surface area contributed by atoms with Crippen LogP contribution < -0.4 is 0 Å². The normalized spacial score (nSPS) is 18.6. The van der Waals surface area contributed by atoms with Crippen LogP contribution in [0.5, 0.6) is 0 Å². The fourth-order valence-electron chi connectivity index (χ4n) is 3.35. The molecule has 0 bridgehead atoms. The van der Waals surface area contributed by atoms with Crippen molar-refractivity contribution in [2.24, 2.45) is 0 Å². The number of rotatable bonds is 6. The van der Waals surface area contributed by atoms with Crippen LogP contribution in [0.15, 0.2) is 30.5 Å². The highest BCUT2D eigenvalue weighted by Gasteiger charge is 2.23. The van der Waals surface area contributed by atoms with Gasteiger partial charge >= 0.3 is 5.97 Å². The van der Waals surface area contributed by atoms with E-state index in [0.717, 1.165) is 25.2 Å². The minimum Gasteiger partial charge on any atom is -0.480 e. The molecule has 2 heterocycles. The molecule has 0 amide bonds. The van der Waals surface area contributed by atoms with Crippen molar-refractivity contribution in [2.45, 2.75) is 45.2 Å². The van der Waals surface area contributed by atoms with E-state index in [1.165, 1.54) is 35.1 Å². The second-order valence-electron chi connectivity index (χ2n) is 6.51. The molecule has 1 aromatic heterocycles. The predicted molar refractivity (Wildman–Crippen MR) is 90.7 cm³/mol. The van der Waals surface area contributed by atoms with Crippen LogP contribution in [0.25, 0.3) is 0 Å². The molecule has 1 unspecified atom stereocenters. The summed E-state index contributed by atoms with van der Waals surface area (Å²) in [4.78, 5) is 13.2. The molecule has 128 valence electrons. The van der Waals surface area contributed by atoms with Gasteiger partial charge in [0.1, 0.15) is 6.54 Å². The first-order chi connectivity index (χ1) is 11.6. The van der Waals surface area contributed by atoms with Gasteiger partial charge in [0, 0.05) is 25.2 Å². The zero-order valence-corrected chi connectivity index (χ0v) is 14.1. The molecule has 24 heavy (non-hydrogen) atoms. The average molecular weight is 328 g/mol. The van der Waals surface area contributed by atoms with Gasteiger partial charge < -0.3 is 5.11 Å². The van der Waals surface area contributed by atoms with Crippen molar-refractivity contribution in [1.29, 1.82) is 0 Å². The number of likely N-dealkylation sites (tertiary alicyclic amines) is 1. The minimum atomic E-state index is -0.901. The van der Waals surface area contributed by atoms with E-state index in [4.69, 9.17) is 5.11 Å². The van der Waals surface area contributed by atoms with Gasteiger partial charge in [-0.25, -0.2) is 4.68 Å². The fraction of sp³-hybridized carbons (Fsp3) is 0.500. The Balaban J connectivity index is 1.62. The van der Waals surface area contributed by atoms with Crippen LogP contribution in [-0.2, 0) is 17.8 Å². The third-order valence-electron chi connectivity index (χ3n) is 4.61. The van der Waals surface area contributed by atoms with Crippen molar-refractivity contribution >= 4 is 5.97 Å². The van der Waals surface area contributed by atoms with Crippen LogP contribution in [0.2, 0.25) is 0 Å². The number of nitrogens with zero attached hydrogens (tertiary/aromatic N) is 4. The third-order valence-corrected chi connectivity index (χ3v) is 4.61. The lowest BCUT2D eigenvalue weighted by Crippen LogP contribution is -2.35. The lowest BCUT2D eigenvalue weighted by Gasteiger charge is -2.36. The molecule has 1 saturated heterocycles. The average Bonchev–Trinajstić information content (AvgIpc) is 3.01. The van der Waals surface area contributed by atoms with Gasteiger partial charge in [-0.3, -0.25) is 9.69 Å². The van der Waals surface area contributed by atoms with Gasteiger partial charge in [0.05, 0.1) is 5.69 Å². The van der Waals surface area contributed by atoms with E-state index >= 15 is 0 Å². The van der Waals surface area contributed by atoms with Crippen molar-refractivity contribution in [3.05, 3.63) is 47.3 Å². The van der Waals surface area contributed by atoms with Crippen molar-refractivity contribution in [2.75, 3.05) is 13.1 Å². The maximum absolute atomic E-state index is 10.7. The van der Waals surface area contributed by atoms with Crippen molar-refractivity contribution in [3.63, 3.8) is 0 Å². The first-order valence-electron chi connectivity index (χ1n) is 8.53. The van der Waals surface area contributed by atoms with Gasteiger partial charge in [-0.05, 0) is 31.9 Å². The molecule has 1 N–H and O–H groups in total. The molecular weight excluding hydrogens is 304 g/mol. The van der Waals surface area contributed by atoms with Gasteiger partial charge in [-0.15, -0.1) is 5.10 Å². The molecular formula is C18H24N4O2. The number of benzene rings is 1. The smallest absolute Gasteiger partial charge is 0.325 e. The number of carboxylic acid groups (broad SMARTS) is 1. The molecule has 2 aromatic rings. The number of aromatic nitrogens is 3. The quantitative estimate of drug-likeness (QED) is 0.882. The summed E-state index contributed by atoms with van der Waals surface area (Å²) < 4.78 is 1.38. The molecule has 1 aromatic carbocycles. The first-order valence-corrected chi connectivity index (χ1v) is 8.53. The largest absolute Gasteiger partial charge is 0.480 e. The van der Waals surface area contributed by atoms with Crippen LogP contribution in [0.1, 0.15) is 42.1 Å². The zero-order chi connectivity index (χ0) is 16.9. The van der Waals surface area contributed by atoms with Gasteiger partial charge in [0.15, 0.2) is 0 Å². The number of carboxylic acids is 1. The lowest BCUT2D eigenvalue weighted by atomic mass is 9.94. The number of hydrogen-bond donors (Lipinski definition) is 1. The van der Waals surface area contributed by atoms with E-state index in [1.807, 2.05) is 0 Å². The summed E-state index contributed by atoms with van der Waals surface area (Å²) in [6.07, 6.45) is 6.22. The molecule has 1 aliphatic heterocycles. The Morgan fingerprint density at radius 3 is 2.83 bits per heavy atom. The fourth-order valence-corrected chi connectivity index (χ4v) is 3.35. The van der Waals surface area contributed by atoms with Gasteiger partial charge in [0.25, 0.3) is 0 Å². The number of hydrogen-bond acceptors (Lipinski definition) is 4. The Labute approximate surface area is 142 Å². The summed E-state index contributed by atoms with van der Waals surface area (Å²) >= 11 is 0. The third kappa shape index (κ3) is 4.20. The van der Waals surface area contributed by atoms with E-state index in [0.29, 0.717) is 6.04 Å². The van der Waals surface area contributed by atoms with E-state index in [2.05, 4.69) is 46.4 Å². The van der Waals surface area contributed by atoms with E-state index < -0.39 is 5.97 Å². The summed E-state index contributed by atoms with van der Waals surface area (Å²) in [5.74, 6) is -0.901. The van der Waals surface area contributed by atoms with Crippen molar-refractivity contribution in [1.82, 2.24) is 19.9 Å². The molecule has 3 rings (SSSR count). The highest BCUT2D eigenvalue weighted by atomic mass is 16.4. The number of aliphatic carboxylic acids is 1. The molecule has 1 fully saturated rings. The van der Waals surface area contributed by atoms with Gasteiger partial charge in [-0.1, -0.05) is 41.5 Å². The second-order valence-corrected chi connectivity index (χ2v) is 6.51. The molecule has 6 nitrogen and oxygen atoms in total. The summed E-state index contributed by atoms with van der Waals surface area (Å²) in [7, 11) is 0. The van der Waals surface area contributed by atoms with Crippen LogP contribution >= 0.6 is 0 Å². The summed E-state index contributed by atoms with van der Waals surface area (Å²) in [5, 5.41) is 16.8. The van der Waals surface area contributed by atoms with Crippen LogP contribution in [0.4, 0.5) is 0 Å². The highest BCUT2D eigenvalue weighted by molar-refractivity contribution is 5.66. The van der Waals surface area contributed by atoms with Crippen LogP contribution in [0.3, 0.4) is 0 Å². The molecule has 1 atom stereocenters. The maximum Gasteiger partial charge on any atom is 0.325 e. The van der Waals surface area contributed by atoms with E-state index in [9.17, 15) is 4.79 Å². The minimum absolute atomic E-state index is 0.136. The number of aryl methyl sites for hydroxylation is 1. The monoisotopic (exact) mass is 328 g/mol. The molecule has 6 heteroatoms. The second kappa shape index (κ2) is 7.57. The number of piperidine rings is 1. The van der Waals surface area contributed by atoms with Gasteiger partial charge in [-0.2, -0.15) is 0 Å². The maximum atomic E-state index is 10.7. The SMILES string of the molecule is Cc1ccc(C2CCCCN2CCc2cn(CC(=O)O)nn2)cc1. The number of carbonyl (C=O) groups is 1. The van der Waals surface area contributed by atoms with E-state index in [-0.39, 0.29) is 6.54 Å². The molecule has 0 saturated carbocycles.